The molecule has 242 valence electrons. The van der Waals surface area contributed by atoms with E-state index in [0.717, 1.165) is 19.3 Å². The van der Waals surface area contributed by atoms with Crippen LogP contribution in [-0.4, -0.2) is 29.8 Å². The van der Waals surface area contributed by atoms with E-state index in [2.05, 4.69) is 57.6 Å². The summed E-state index contributed by atoms with van der Waals surface area (Å²) in [7, 11) is -3.96. The van der Waals surface area contributed by atoms with Crippen molar-refractivity contribution in [3.63, 3.8) is 0 Å². The third kappa shape index (κ3) is 29.0. The zero-order chi connectivity index (χ0) is 30.3. The van der Waals surface area contributed by atoms with Gasteiger partial charge in [-0.1, -0.05) is 136 Å². The predicted molar refractivity (Wildman–Crippen MR) is 181 cm³/mol. The second-order valence-electron chi connectivity index (χ2n) is 12.2. The summed E-state index contributed by atoms with van der Waals surface area (Å²) in [5.41, 5.74) is 0. The highest BCUT2D eigenvalue weighted by molar-refractivity contribution is 7.85. The zero-order valence-corrected chi connectivity index (χ0v) is 28.5. The monoisotopic (exact) mass is 597 g/mol. The van der Waals surface area contributed by atoms with Crippen LogP contribution in [0.3, 0.4) is 0 Å². The van der Waals surface area contributed by atoms with Gasteiger partial charge in [-0.05, 0) is 56.8 Å². The van der Waals surface area contributed by atoms with E-state index in [1.807, 2.05) is 0 Å². The van der Waals surface area contributed by atoms with E-state index in [9.17, 15) is 13.0 Å². The summed E-state index contributed by atoms with van der Waals surface area (Å²) in [6.07, 6.45) is 44.7. The van der Waals surface area contributed by atoms with Crippen LogP contribution < -0.4 is 0 Å². The first-order valence-corrected chi connectivity index (χ1v) is 19.4. The first kappa shape index (κ1) is 40.1. The van der Waals surface area contributed by atoms with Crippen LogP contribution in [0.25, 0.3) is 0 Å². The molecule has 41 heavy (non-hydrogen) atoms. The SMILES string of the molecule is CCCCCCCCC/C=C/[N+](/C=C/CCCCCCCCC)(/C=C/CCCCCCCCC)CCCS(=O)(=O)O. The fraction of sp³-hybridized carbons (Fsp3) is 0.833. The number of quaternary nitrogens is 1. The molecule has 1 N–H and O–H groups in total. The number of hydrogen-bond donors (Lipinski definition) is 1. The summed E-state index contributed by atoms with van der Waals surface area (Å²) in [6.45, 7) is 7.43. The van der Waals surface area contributed by atoms with Crippen LogP contribution in [0.4, 0.5) is 0 Å². The molecule has 0 aliphatic rings. The summed E-state index contributed by atoms with van der Waals surface area (Å²) in [5.74, 6) is -0.185. The maximum atomic E-state index is 11.5. The Hall–Kier alpha value is -0.910. The highest BCUT2D eigenvalue weighted by atomic mass is 32.2. The molecule has 0 radical (unpaired) electrons. The Bertz CT molecular complexity index is 673. The Balaban J connectivity index is 5.18. The van der Waals surface area contributed by atoms with Crippen molar-refractivity contribution in [3.8, 4) is 0 Å². The summed E-state index contributed by atoms with van der Waals surface area (Å²) < 4.78 is 32.9. The predicted octanol–water partition coefficient (Wildman–Crippen LogP) is 12.0. The van der Waals surface area contributed by atoms with Gasteiger partial charge in [0.2, 0.25) is 0 Å². The van der Waals surface area contributed by atoms with Gasteiger partial charge in [0.15, 0.2) is 0 Å². The van der Waals surface area contributed by atoms with Gasteiger partial charge < -0.3 is 0 Å². The van der Waals surface area contributed by atoms with E-state index in [1.165, 1.54) is 135 Å². The summed E-state index contributed by atoms with van der Waals surface area (Å²) in [5, 5.41) is 0. The molecule has 0 bridgehead atoms. The fourth-order valence-electron chi connectivity index (χ4n) is 5.36. The molecule has 4 nitrogen and oxygen atoms in total. The van der Waals surface area contributed by atoms with Crippen molar-refractivity contribution < 1.29 is 17.5 Å². The lowest BCUT2D eigenvalue weighted by molar-refractivity contribution is -0.773. The lowest BCUT2D eigenvalue weighted by atomic mass is 10.1. The largest absolute Gasteiger partial charge is 0.286 e. The van der Waals surface area contributed by atoms with Gasteiger partial charge in [-0.25, -0.2) is 4.48 Å². The molecule has 0 amide bonds. The van der Waals surface area contributed by atoms with Crippen LogP contribution in [-0.2, 0) is 10.1 Å². The number of hydrogen-bond acceptors (Lipinski definition) is 2. The Morgan fingerprint density at radius 2 is 0.756 bits per heavy atom. The molecular formula is C36H70NO3S+. The Morgan fingerprint density at radius 1 is 0.463 bits per heavy atom. The highest BCUT2D eigenvalue weighted by Crippen LogP contribution is 2.19. The van der Waals surface area contributed by atoms with Crippen LogP contribution in [0, 0.1) is 0 Å². The molecular weight excluding hydrogens is 526 g/mol. The molecule has 0 heterocycles. The number of unbranched alkanes of at least 4 members (excludes halogenated alkanes) is 21. The molecule has 0 aromatic heterocycles. The molecule has 0 aliphatic heterocycles. The van der Waals surface area contributed by atoms with E-state index >= 15 is 0 Å². The maximum absolute atomic E-state index is 11.5. The van der Waals surface area contributed by atoms with Gasteiger partial charge in [-0.2, -0.15) is 8.42 Å². The third-order valence-electron chi connectivity index (χ3n) is 8.02. The second kappa shape index (κ2) is 29.2. The zero-order valence-electron chi connectivity index (χ0n) is 27.7. The average molecular weight is 597 g/mol. The molecule has 0 unspecified atom stereocenters. The van der Waals surface area contributed by atoms with Crippen molar-refractivity contribution in [2.75, 3.05) is 12.3 Å². The Kier molecular flexibility index (Phi) is 28.5. The summed E-state index contributed by atoms with van der Waals surface area (Å²) >= 11 is 0. The van der Waals surface area contributed by atoms with Crippen molar-refractivity contribution in [1.82, 2.24) is 0 Å². The Labute approximate surface area is 257 Å². The quantitative estimate of drug-likeness (QED) is 0.0492. The van der Waals surface area contributed by atoms with Crippen LogP contribution in [0.1, 0.15) is 181 Å². The van der Waals surface area contributed by atoms with Crippen molar-refractivity contribution in [2.45, 2.75) is 181 Å². The first-order chi connectivity index (χ1) is 19.9. The average Bonchev–Trinajstić information content (AvgIpc) is 2.94. The molecule has 0 fully saturated rings. The van der Waals surface area contributed by atoms with Gasteiger partial charge >= 0.3 is 0 Å². The van der Waals surface area contributed by atoms with E-state index in [4.69, 9.17) is 0 Å². The van der Waals surface area contributed by atoms with Gasteiger partial charge in [-0.3, -0.25) is 4.55 Å². The molecule has 0 spiro atoms. The first-order valence-electron chi connectivity index (χ1n) is 17.7. The molecule has 0 aromatic carbocycles. The smallest absolute Gasteiger partial charge is 0.265 e. The molecule has 0 aliphatic carbocycles. The summed E-state index contributed by atoms with van der Waals surface area (Å²) in [6, 6.07) is 0. The molecule has 0 atom stereocenters. The standard InChI is InChI=1S/C36H69NO3S/c1-4-7-10-13-16-19-22-25-28-32-37(35-31-36-41(38,39)40,33-29-26-23-20-17-14-11-8-5-2)34-30-27-24-21-18-15-12-9-6-3/h28-30,32-34H,4-27,31,35-36H2,1-3H3/p+1/b32-28+,33-29+,34-30+. The van der Waals surface area contributed by atoms with Gasteiger partial charge in [0.05, 0.1) is 12.3 Å². The normalized spacial score (nSPS) is 13.0. The fourth-order valence-corrected chi connectivity index (χ4v) is 5.86. The minimum atomic E-state index is -3.96. The highest BCUT2D eigenvalue weighted by Gasteiger charge is 2.20. The van der Waals surface area contributed by atoms with Crippen molar-refractivity contribution >= 4 is 10.1 Å². The molecule has 0 rings (SSSR count). The number of rotatable bonds is 31. The van der Waals surface area contributed by atoms with Gasteiger partial charge in [-0.15, -0.1) is 0 Å². The second-order valence-corrected chi connectivity index (χ2v) is 13.8. The maximum Gasteiger partial charge on any atom is 0.265 e. The minimum Gasteiger partial charge on any atom is -0.286 e. The minimum absolute atomic E-state index is 0.185. The van der Waals surface area contributed by atoms with Gasteiger partial charge in [0.25, 0.3) is 10.1 Å². The molecule has 0 aromatic rings. The van der Waals surface area contributed by atoms with E-state index in [0.29, 0.717) is 17.4 Å². The van der Waals surface area contributed by atoms with Crippen LogP contribution in [0.2, 0.25) is 0 Å². The van der Waals surface area contributed by atoms with E-state index < -0.39 is 10.1 Å². The topological polar surface area (TPSA) is 54.4 Å². The van der Waals surface area contributed by atoms with Crippen LogP contribution in [0.5, 0.6) is 0 Å². The summed E-state index contributed by atoms with van der Waals surface area (Å²) in [4.78, 5) is 0. The van der Waals surface area contributed by atoms with Crippen LogP contribution in [0.15, 0.2) is 36.8 Å². The molecule has 5 heteroatoms. The van der Waals surface area contributed by atoms with Crippen molar-refractivity contribution in [3.05, 3.63) is 36.8 Å². The lowest BCUT2D eigenvalue weighted by Crippen LogP contribution is -2.33. The van der Waals surface area contributed by atoms with Gasteiger partial charge in [0, 0.05) is 6.42 Å². The van der Waals surface area contributed by atoms with Crippen molar-refractivity contribution in [2.24, 2.45) is 0 Å². The van der Waals surface area contributed by atoms with Gasteiger partial charge in [0.1, 0.15) is 18.6 Å². The lowest BCUT2D eigenvalue weighted by Gasteiger charge is -2.27. The third-order valence-corrected chi connectivity index (χ3v) is 8.82. The van der Waals surface area contributed by atoms with E-state index in [1.54, 1.807) is 0 Å². The number of nitrogens with zero attached hydrogens (tertiary/aromatic N) is 1. The molecule has 0 saturated carbocycles. The van der Waals surface area contributed by atoms with Crippen LogP contribution >= 0.6 is 0 Å². The Morgan fingerprint density at radius 3 is 1.05 bits per heavy atom. The van der Waals surface area contributed by atoms with E-state index in [-0.39, 0.29) is 5.75 Å². The molecule has 0 saturated heterocycles. The van der Waals surface area contributed by atoms with Crippen molar-refractivity contribution in [1.29, 1.82) is 0 Å². The number of allylic oxidation sites excluding steroid dienone is 3.